The molecule has 0 aliphatic rings. The van der Waals surface area contributed by atoms with Crippen molar-refractivity contribution in [1.29, 1.82) is 0 Å². The van der Waals surface area contributed by atoms with Crippen LogP contribution in [0.3, 0.4) is 0 Å². The Morgan fingerprint density at radius 3 is 2.52 bits per heavy atom. The lowest BCUT2D eigenvalue weighted by Gasteiger charge is -2.26. The van der Waals surface area contributed by atoms with Crippen molar-refractivity contribution >= 4 is 33.0 Å². The minimum absolute atomic E-state index is 0.223. The third-order valence-corrected chi connectivity index (χ3v) is 6.92. The van der Waals surface area contributed by atoms with E-state index in [0.29, 0.717) is 17.8 Å². The Morgan fingerprint density at radius 1 is 1.20 bits per heavy atom. The molecule has 25 heavy (non-hydrogen) atoms. The van der Waals surface area contributed by atoms with Crippen LogP contribution >= 0.6 is 11.3 Å². The maximum absolute atomic E-state index is 12.3. The fourth-order valence-electron chi connectivity index (χ4n) is 2.20. The minimum Gasteiger partial charge on any atom is -0.350 e. The van der Waals surface area contributed by atoms with E-state index in [2.05, 4.69) is 10.0 Å². The summed E-state index contributed by atoms with van der Waals surface area (Å²) in [4.78, 5) is 12.3. The fraction of sp³-hybridized carbons (Fsp3) is 0.353. The van der Waals surface area contributed by atoms with Crippen molar-refractivity contribution in [3.63, 3.8) is 0 Å². The Kier molecular flexibility index (Phi) is 6.21. The average molecular weight is 382 g/mol. The van der Waals surface area contributed by atoms with Crippen molar-refractivity contribution in [2.24, 2.45) is 5.73 Å². The summed E-state index contributed by atoms with van der Waals surface area (Å²) in [5, 5.41) is 4.51. The topological polar surface area (TPSA) is 101 Å². The second kappa shape index (κ2) is 7.99. The van der Waals surface area contributed by atoms with Gasteiger partial charge in [0.25, 0.3) is 15.9 Å². The first-order valence-electron chi connectivity index (χ1n) is 8.03. The zero-order valence-corrected chi connectivity index (χ0v) is 15.9. The lowest BCUT2D eigenvalue weighted by Crippen LogP contribution is -2.49. The molecule has 8 heteroatoms. The molecule has 0 unspecified atom stereocenters. The van der Waals surface area contributed by atoms with Crippen LogP contribution in [0, 0.1) is 0 Å². The SMILES string of the molecule is CCC(N)(CC)CNC(=O)c1cccc(NS(=O)(=O)c2cccs2)c1. The molecule has 4 N–H and O–H groups in total. The summed E-state index contributed by atoms with van der Waals surface area (Å²) >= 11 is 1.13. The highest BCUT2D eigenvalue weighted by Crippen LogP contribution is 2.21. The van der Waals surface area contributed by atoms with Gasteiger partial charge in [0.2, 0.25) is 0 Å². The van der Waals surface area contributed by atoms with E-state index in [4.69, 9.17) is 5.73 Å². The third-order valence-electron chi connectivity index (χ3n) is 4.15. The molecule has 1 aromatic heterocycles. The van der Waals surface area contributed by atoms with Crippen LogP contribution in [0.15, 0.2) is 46.0 Å². The summed E-state index contributed by atoms with van der Waals surface area (Å²) in [6, 6.07) is 9.58. The molecular weight excluding hydrogens is 358 g/mol. The molecule has 0 bridgehead atoms. The minimum atomic E-state index is -3.64. The number of amides is 1. The molecular formula is C17H23N3O3S2. The number of hydrogen-bond donors (Lipinski definition) is 3. The lowest BCUT2D eigenvalue weighted by atomic mass is 9.94. The Bertz CT molecular complexity index is 813. The zero-order valence-electron chi connectivity index (χ0n) is 14.3. The van der Waals surface area contributed by atoms with E-state index in [-0.39, 0.29) is 10.1 Å². The third kappa shape index (κ3) is 5.04. The van der Waals surface area contributed by atoms with E-state index in [1.165, 1.54) is 12.1 Å². The Labute approximate surface area is 152 Å². The highest BCUT2D eigenvalue weighted by Gasteiger charge is 2.21. The molecule has 0 saturated carbocycles. The number of rotatable bonds is 8. The number of nitrogens with two attached hydrogens (primary N) is 1. The first kappa shape index (κ1) is 19.4. The highest BCUT2D eigenvalue weighted by atomic mass is 32.2. The molecule has 0 radical (unpaired) electrons. The number of carbonyl (C=O) groups is 1. The molecule has 0 spiro atoms. The van der Waals surface area contributed by atoms with Crippen LogP contribution in [0.1, 0.15) is 37.0 Å². The molecule has 136 valence electrons. The molecule has 2 aromatic rings. The van der Waals surface area contributed by atoms with Crippen LogP contribution in [0.5, 0.6) is 0 Å². The molecule has 2 rings (SSSR count). The van der Waals surface area contributed by atoms with Crippen LogP contribution in [-0.2, 0) is 10.0 Å². The lowest BCUT2D eigenvalue weighted by molar-refractivity contribution is 0.0942. The smallest absolute Gasteiger partial charge is 0.271 e. The quantitative estimate of drug-likeness (QED) is 0.654. The summed E-state index contributed by atoms with van der Waals surface area (Å²) in [5.41, 5.74) is 6.46. The maximum Gasteiger partial charge on any atom is 0.271 e. The van der Waals surface area contributed by atoms with Gasteiger partial charge in [-0.2, -0.15) is 0 Å². The van der Waals surface area contributed by atoms with E-state index in [0.717, 1.165) is 24.2 Å². The van der Waals surface area contributed by atoms with Crippen LogP contribution in [0.2, 0.25) is 0 Å². The van der Waals surface area contributed by atoms with E-state index >= 15 is 0 Å². The first-order valence-corrected chi connectivity index (χ1v) is 10.4. The van der Waals surface area contributed by atoms with Gasteiger partial charge in [0.05, 0.1) is 0 Å². The van der Waals surface area contributed by atoms with Gasteiger partial charge in [0, 0.05) is 23.3 Å². The van der Waals surface area contributed by atoms with Gasteiger partial charge in [-0.3, -0.25) is 9.52 Å². The number of anilines is 1. The van der Waals surface area contributed by atoms with Gasteiger partial charge in [-0.15, -0.1) is 11.3 Å². The van der Waals surface area contributed by atoms with Crippen molar-refractivity contribution in [3.8, 4) is 0 Å². The van der Waals surface area contributed by atoms with Crippen LogP contribution in [0.4, 0.5) is 5.69 Å². The zero-order chi connectivity index (χ0) is 18.5. The summed E-state index contributed by atoms with van der Waals surface area (Å²) in [7, 11) is -3.64. The Morgan fingerprint density at radius 2 is 1.92 bits per heavy atom. The number of thiophene rings is 1. The summed E-state index contributed by atoms with van der Waals surface area (Å²) in [6.07, 6.45) is 1.51. The summed E-state index contributed by atoms with van der Waals surface area (Å²) in [6.45, 7) is 4.33. The van der Waals surface area contributed by atoms with Gasteiger partial charge < -0.3 is 11.1 Å². The largest absolute Gasteiger partial charge is 0.350 e. The van der Waals surface area contributed by atoms with Crippen LogP contribution in [-0.4, -0.2) is 26.4 Å². The molecule has 0 fully saturated rings. The highest BCUT2D eigenvalue weighted by molar-refractivity contribution is 7.94. The van der Waals surface area contributed by atoms with Crippen molar-refractivity contribution in [1.82, 2.24) is 5.32 Å². The van der Waals surface area contributed by atoms with Gasteiger partial charge in [-0.1, -0.05) is 26.0 Å². The van der Waals surface area contributed by atoms with Crippen LogP contribution in [0.25, 0.3) is 0 Å². The average Bonchev–Trinajstić information content (AvgIpc) is 3.15. The number of sulfonamides is 1. The van der Waals surface area contributed by atoms with Gasteiger partial charge in [0.15, 0.2) is 0 Å². The second-order valence-corrected chi connectivity index (χ2v) is 8.73. The normalized spacial score (nSPS) is 12.0. The Hall–Kier alpha value is -1.90. The molecule has 6 nitrogen and oxygen atoms in total. The van der Waals surface area contributed by atoms with Gasteiger partial charge >= 0.3 is 0 Å². The molecule has 0 atom stereocenters. The van der Waals surface area contributed by atoms with Gasteiger partial charge in [-0.25, -0.2) is 8.42 Å². The van der Waals surface area contributed by atoms with E-state index < -0.39 is 15.6 Å². The van der Waals surface area contributed by atoms with E-state index in [1.54, 1.807) is 29.6 Å². The summed E-state index contributed by atoms with van der Waals surface area (Å²) in [5.74, 6) is -0.283. The predicted molar refractivity (Wildman–Crippen MR) is 101 cm³/mol. The Balaban J connectivity index is 2.09. The van der Waals surface area contributed by atoms with Crippen molar-refractivity contribution < 1.29 is 13.2 Å². The standard InChI is InChI=1S/C17H23N3O3S2/c1-3-17(18,4-2)12-19-16(21)13-7-5-8-14(11-13)20-25(22,23)15-9-6-10-24-15/h5-11,20H,3-4,12,18H2,1-2H3,(H,19,21). The van der Waals surface area contributed by atoms with Crippen molar-refractivity contribution in [2.45, 2.75) is 36.4 Å². The van der Waals surface area contributed by atoms with E-state index in [9.17, 15) is 13.2 Å². The van der Waals surface area contributed by atoms with Gasteiger partial charge in [-0.05, 0) is 42.5 Å². The molecule has 0 aliphatic heterocycles. The first-order chi connectivity index (χ1) is 11.8. The predicted octanol–water partition coefficient (Wildman–Crippen LogP) is 2.80. The fourth-order valence-corrected chi connectivity index (χ4v) is 4.25. The van der Waals surface area contributed by atoms with Crippen LogP contribution < -0.4 is 15.8 Å². The molecule has 0 saturated heterocycles. The van der Waals surface area contributed by atoms with E-state index in [1.807, 2.05) is 13.8 Å². The summed E-state index contributed by atoms with van der Waals surface area (Å²) < 4.78 is 27.2. The number of hydrogen-bond acceptors (Lipinski definition) is 5. The molecule has 1 amide bonds. The van der Waals surface area contributed by atoms with Gasteiger partial charge in [0.1, 0.15) is 4.21 Å². The maximum atomic E-state index is 12.3. The number of carbonyl (C=O) groups excluding carboxylic acids is 1. The molecule has 1 aromatic carbocycles. The second-order valence-electron chi connectivity index (χ2n) is 5.87. The molecule has 0 aliphatic carbocycles. The number of nitrogens with one attached hydrogen (secondary N) is 2. The van der Waals surface area contributed by atoms with Crippen molar-refractivity contribution in [3.05, 3.63) is 47.3 Å². The monoisotopic (exact) mass is 381 g/mol. The van der Waals surface area contributed by atoms with Crippen molar-refractivity contribution in [2.75, 3.05) is 11.3 Å². The molecule has 1 heterocycles. The number of benzene rings is 1.